The lowest BCUT2D eigenvalue weighted by atomic mass is 10.0. The van der Waals surface area contributed by atoms with Crippen molar-refractivity contribution in [1.29, 1.82) is 0 Å². The van der Waals surface area contributed by atoms with Gasteiger partial charge in [0.25, 0.3) is 11.8 Å². The minimum atomic E-state index is -1.39. The first kappa shape index (κ1) is 37.4. The number of hydrogen-bond donors (Lipinski definition) is 2. The van der Waals surface area contributed by atoms with Crippen LogP contribution in [0.15, 0.2) is 105 Å². The first-order chi connectivity index (χ1) is 24.0. The maximum absolute atomic E-state index is 12.8. The number of anilines is 2. The van der Waals surface area contributed by atoms with Gasteiger partial charge in [0, 0.05) is 11.4 Å². The summed E-state index contributed by atoms with van der Waals surface area (Å²) in [4.78, 5) is 50.1. The Morgan fingerprint density at radius 2 is 0.960 bits per heavy atom. The highest BCUT2D eigenvalue weighted by Crippen LogP contribution is 2.35. The topological polar surface area (TPSA) is 160 Å². The van der Waals surface area contributed by atoms with Gasteiger partial charge in [-0.1, -0.05) is 35.3 Å². The van der Waals surface area contributed by atoms with Crippen LogP contribution in [0.1, 0.15) is 27.7 Å². The summed E-state index contributed by atoms with van der Waals surface area (Å²) in [5.41, 5.74) is 2.77. The number of benzene rings is 4. The highest BCUT2D eigenvalue weighted by atomic mass is 35.5. The molecule has 0 saturated carbocycles. The number of Topliss-reactive ketones (excluding diaryl/α,β-unsaturated/α-hetero) is 2. The number of hydrogen-bond acceptors (Lipinski definition) is 10. The van der Waals surface area contributed by atoms with E-state index in [-0.39, 0.29) is 21.4 Å². The van der Waals surface area contributed by atoms with Crippen LogP contribution in [0.25, 0.3) is 11.1 Å². The van der Waals surface area contributed by atoms with Crippen LogP contribution in [-0.4, -0.2) is 48.7 Å². The van der Waals surface area contributed by atoms with Crippen molar-refractivity contribution in [3.63, 3.8) is 0 Å². The Bertz CT molecular complexity index is 1780. The summed E-state index contributed by atoms with van der Waals surface area (Å²) >= 11 is 13.0. The molecule has 0 heterocycles. The average Bonchev–Trinajstić information content (AvgIpc) is 3.08. The molecule has 4 aromatic rings. The van der Waals surface area contributed by atoms with Crippen molar-refractivity contribution in [3.8, 4) is 22.6 Å². The molecule has 50 heavy (non-hydrogen) atoms. The first-order valence-corrected chi connectivity index (χ1v) is 16.2. The number of nitrogens with one attached hydrogen (secondary N) is 2. The van der Waals surface area contributed by atoms with Crippen LogP contribution in [0.3, 0.4) is 0 Å². The summed E-state index contributed by atoms with van der Waals surface area (Å²) in [6.45, 7) is 7.24. The van der Waals surface area contributed by atoms with Crippen molar-refractivity contribution < 1.29 is 28.7 Å². The number of nitrogens with zero attached hydrogens (tertiary/aromatic N) is 4. The molecule has 14 heteroatoms. The van der Waals surface area contributed by atoms with Crippen LogP contribution < -0.4 is 20.1 Å². The first-order valence-electron chi connectivity index (χ1n) is 15.5. The number of carbonyl (C=O) groups excluding carboxylic acids is 4. The van der Waals surface area contributed by atoms with E-state index in [0.717, 1.165) is 0 Å². The molecule has 2 amide bonds. The zero-order valence-electron chi connectivity index (χ0n) is 27.6. The maximum atomic E-state index is 12.8. The van der Waals surface area contributed by atoms with Gasteiger partial charge in [-0.05, 0) is 112 Å². The van der Waals surface area contributed by atoms with Crippen molar-refractivity contribution in [3.05, 3.63) is 95.0 Å². The second-order valence-electron chi connectivity index (χ2n) is 10.7. The van der Waals surface area contributed by atoms with Gasteiger partial charge in [0.1, 0.15) is 22.9 Å². The van der Waals surface area contributed by atoms with Crippen molar-refractivity contribution in [2.24, 2.45) is 20.5 Å². The van der Waals surface area contributed by atoms with Crippen LogP contribution >= 0.6 is 23.2 Å². The number of azo groups is 2. The van der Waals surface area contributed by atoms with E-state index in [1.54, 1.807) is 84.9 Å². The van der Waals surface area contributed by atoms with Crippen LogP contribution in [0.2, 0.25) is 10.0 Å². The van der Waals surface area contributed by atoms with Crippen LogP contribution in [0.5, 0.6) is 11.5 Å². The fraction of sp³-hybridized carbons (Fsp3) is 0.222. The van der Waals surface area contributed by atoms with Crippen LogP contribution in [0, 0.1) is 0 Å². The SMILES string of the molecule is CCOc1ccc(NC(=O)[C@@H](N=Nc2ccc(-c3ccc(N=N[C@@H](C(C)=O)C(=O)Nc4ccc(OCC)cc4)c(Cl)c3)cc2Cl)C(C)=O)cc1. The second kappa shape index (κ2) is 17.8. The van der Waals surface area contributed by atoms with Crippen molar-refractivity contribution in [2.45, 2.75) is 39.8 Å². The van der Waals surface area contributed by atoms with E-state index < -0.39 is 35.5 Å². The number of ketones is 2. The normalized spacial score (nSPS) is 12.4. The van der Waals surface area contributed by atoms with Gasteiger partial charge in [-0.15, -0.1) is 0 Å². The van der Waals surface area contributed by atoms with E-state index in [1.807, 2.05) is 13.8 Å². The van der Waals surface area contributed by atoms with Crippen LogP contribution in [-0.2, 0) is 19.2 Å². The smallest absolute Gasteiger partial charge is 0.258 e. The number of rotatable bonds is 15. The standard InChI is InChI=1S/C36H34Cl2N6O6/c1-5-49-27-13-9-25(10-14-27)39-35(47)33(21(3)45)43-41-31-17-7-23(19-29(31)37)24-8-18-32(30(38)20-24)42-44-34(22(4)46)36(48)40-26-11-15-28(16-12-26)50-6-2/h7-20,33-34H,5-6H2,1-4H3,(H,39,47)(H,40,48)/t33-,34-/m0/s1. The lowest BCUT2D eigenvalue weighted by molar-refractivity contribution is -0.127. The van der Waals surface area contributed by atoms with Gasteiger partial charge in [0.2, 0.25) is 12.1 Å². The van der Waals surface area contributed by atoms with E-state index in [2.05, 4.69) is 31.1 Å². The summed E-state index contributed by atoms with van der Waals surface area (Å²) in [7, 11) is 0. The van der Waals surface area contributed by atoms with E-state index in [4.69, 9.17) is 32.7 Å². The molecule has 4 rings (SSSR count). The fourth-order valence-corrected chi connectivity index (χ4v) is 4.87. The highest BCUT2D eigenvalue weighted by molar-refractivity contribution is 6.34. The minimum Gasteiger partial charge on any atom is -0.494 e. The molecule has 0 saturated heterocycles. The summed E-state index contributed by atoms with van der Waals surface area (Å²) in [6, 6.07) is 20.5. The molecular formula is C36H34Cl2N6O6. The molecule has 0 aliphatic carbocycles. The van der Waals surface area contributed by atoms with E-state index in [9.17, 15) is 19.2 Å². The Labute approximate surface area is 298 Å². The summed E-state index contributed by atoms with van der Waals surface area (Å²) in [5.74, 6) is -0.993. The Hall–Kier alpha value is -5.46. The number of amides is 2. The molecule has 2 atom stereocenters. The average molecular weight is 718 g/mol. The Kier molecular flexibility index (Phi) is 13.3. The molecule has 258 valence electrons. The Balaban J connectivity index is 1.43. The predicted molar refractivity (Wildman–Crippen MR) is 192 cm³/mol. The molecule has 2 N–H and O–H groups in total. The summed E-state index contributed by atoms with van der Waals surface area (Å²) < 4.78 is 10.8. The summed E-state index contributed by atoms with van der Waals surface area (Å²) in [6.07, 6.45) is 0. The zero-order chi connectivity index (χ0) is 36.2. The molecule has 0 fully saturated rings. The van der Waals surface area contributed by atoms with Crippen LogP contribution in [0.4, 0.5) is 22.7 Å². The third kappa shape index (κ3) is 10.3. The largest absolute Gasteiger partial charge is 0.494 e. The lowest BCUT2D eigenvalue weighted by Crippen LogP contribution is -2.31. The zero-order valence-corrected chi connectivity index (χ0v) is 29.2. The molecule has 0 aliphatic rings. The third-order valence-electron chi connectivity index (χ3n) is 6.92. The number of ether oxygens (including phenoxy) is 2. The van der Waals surface area contributed by atoms with Gasteiger partial charge in [0.15, 0.2) is 11.6 Å². The summed E-state index contributed by atoms with van der Waals surface area (Å²) in [5, 5.41) is 21.8. The molecular weight excluding hydrogens is 683 g/mol. The van der Waals surface area contributed by atoms with Gasteiger partial charge >= 0.3 is 0 Å². The monoisotopic (exact) mass is 716 g/mol. The lowest BCUT2D eigenvalue weighted by Gasteiger charge is -2.11. The Morgan fingerprint density at radius 3 is 1.26 bits per heavy atom. The van der Waals surface area contributed by atoms with Gasteiger partial charge in [-0.2, -0.15) is 20.5 Å². The molecule has 0 radical (unpaired) electrons. The molecule has 12 nitrogen and oxygen atoms in total. The van der Waals surface area contributed by atoms with E-state index >= 15 is 0 Å². The van der Waals surface area contributed by atoms with Gasteiger partial charge in [-0.3, -0.25) is 19.2 Å². The minimum absolute atomic E-state index is 0.211. The van der Waals surface area contributed by atoms with E-state index in [1.165, 1.54) is 13.8 Å². The molecule has 0 bridgehead atoms. The Morgan fingerprint density at radius 1 is 0.600 bits per heavy atom. The highest BCUT2D eigenvalue weighted by Gasteiger charge is 2.24. The maximum Gasteiger partial charge on any atom is 0.258 e. The number of halogens is 2. The van der Waals surface area contributed by atoms with Crippen molar-refractivity contribution in [1.82, 2.24) is 0 Å². The van der Waals surface area contributed by atoms with Crippen molar-refractivity contribution >= 4 is 69.3 Å². The molecule has 0 unspecified atom stereocenters. The van der Waals surface area contributed by atoms with Gasteiger partial charge < -0.3 is 20.1 Å². The molecule has 0 spiro atoms. The molecule has 0 aliphatic heterocycles. The van der Waals surface area contributed by atoms with Gasteiger partial charge in [0.05, 0.1) is 23.3 Å². The fourth-order valence-electron chi connectivity index (χ4n) is 4.44. The third-order valence-corrected chi connectivity index (χ3v) is 7.53. The van der Waals surface area contributed by atoms with Gasteiger partial charge in [-0.25, -0.2) is 0 Å². The number of carbonyl (C=O) groups is 4. The van der Waals surface area contributed by atoms with Crippen molar-refractivity contribution in [2.75, 3.05) is 23.8 Å². The molecule has 4 aromatic carbocycles. The second-order valence-corrected chi connectivity index (χ2v) is 11.5. The quantitative estimate of drug-likeness (QED) is 0.0923. The van der Waals surface area contributed by atoms with E-state index in [0.29, 0.717) is 47.2 Å². The molecule has 0 aromatic heterocycles. The predicted octanol–water partition coefficient (Wildman–Crippen LogP) is 8.82.